The Morgan fingerprint density at radius 2 is 1.81 bits per heavy atom. The highest BCUT2D eigenvalue weighted by molar-refractivity contribution is 5.94. The molecule has 0 radical (unpaired) electrons. The second-order valence-electron chi connectivity index (χ2n) is 6.43. The second kappa shape index (κ2) is 6.46. The SMILES string of the molecule is CC1CCN(c2ccc(C(=O)N3CCCCC3)cn2)CC1. The number of pyridine rings is 1. The summed E-state index contributed by atoms with van der Waals surface area (Å²) < 4.78 is 0. The molecule has 2 aliphatic heterocycles. The lowest BCUT2D eigenvalue weighted by Gasteiger charge is -2.31. The summed E-state index contributed by atoms with van der Waals surface area (Å²) in [6.45, 7) is 6.25. The zero-order chi connectivity index (χ0) is 14.7. The van der Waals surface area contributed by atoms with E-state index in [4.69, 9.17) is 0 Å². The topological polar surface area (TPSA) is 36.4 Å². The van der Waals surface area contributed by atoms with Crippen molar-refractivity contribution in [3.05, 3.63) is 23.9 Å². The van der Waals surface area contributed by atoms with Crippen molar-refractivity contribution in [1.29, 1.82) is 0 Å². The number of nitrogens with zero attached hydrogens (tertiary/aromatic N) is 3. The first-order chi connectivity index (χ1) is 10.2. The Hall–Kier alpha value is -1.58. The van der Waals surface area contributed by atoms with Crippen LogP contribution in [0.4, 0.5) is 5.82 Å². The van der Waals surface area contributed by atoms with Crippen molar-refractivity contribution in [2.75, 3.05) is 31.1 Å². The van der Waals surface area contributed by atoms with Crippen LogP contribution < -0.4 is 4.90 Å². The van der Waals surface area contributed by atoms with Gasteiger partial charge in [-0.3, -0.25) is 4.79 Å². The molecule has 0 bridgehead atoms. The molecule has 1 aromatic heterocycles. The minimum Gasteiger partial charge on any atom is -0.357 e. The van der Waals surface area contributed by atoms with E-state index in [-0.39, 0.29) is 5.91 Å². The van der Waals surface area contributed by atoms with Crippen molar-refractivity contribution in [2.24, 2.45) is 5.92 Å². The summed E-state index contributed by atoms with van der Waals surface area (Å²) >= 11 is 0. The third kappa shape index (κ3) is 3.36. The molecule has 114 valence electrons. The molecule has 0 saturated carbocycles. The average molecular weight is 287 g/mol. The Kier molecular flexibility index (Phi) is 4.42. The molecule has 21 heavy (non-hydrogen) atoms. The zero-order valence-corrected chi connectivity index (χ0v) is 12.9. The fourth-order valence-corrected chi connectivity index (χ4v) is 3.22. The van der Waals surface area contributed by atoms with Crippen LogP contribution in [0.3, 0.4) is 0 Å². The van der Waals surface area contributed by atoms with Gasteiger partial charge in [-0.05, 0) is 50.2 Å². The van der Waals surface area contributed by atoms with Gasteiger partial charge in [0.05, 0.1) is 5.56 Å². The molecule has 0 spiro atoms. The van der Waals surface area contributed by atoms with Gasteiger partial charge in [-0.2, -0.15) is 0 Å². The van der Waals surface area contributed by atoms with Gasteiger partial charge >= 0.3 is 0 Å². The second-order valence-corrected chi connectivity index (χ2v) is 6.43. The molecule has 2 aliphatic rings. The first kappa shape index (κ1) is 14.4. The third-order valence-corrected chi connectivity index (χ3v) is 4.75. The van der Waals surface area contributed by atoms with E-state index in [0.717, 1.165) is 56.3 Å². The molecule has 0 aliphatic carbocycles. The van der Waals surface area contributed by atoms with E-state index < -0.39 is 0 Å². The van der Waals surface area contributed by atoms with Crippen LogP contribution in [0.25, 0.3) is 0 Å². The number of rotatable bonds is 2. The predicted molar refractivity (Wildman–Crippen MR) is 84.6 cm³/mol. The van der Waals surface area contributed by atoms with Crippen molar-refractivity contribution >= 4 is 11.7 Å². The van der Waals surface area contributed by atoms with Crippen LogP contribution in [0, 0.1) is 5.92 Å². The quantitative estimate of drug-likeness (QED) is 0.839. The molecule has 3 heterocycles. The molecule has 2 saturated heterocycles. The van der Waals surface area contributed by atoms with Crippen molar-refractivity contribution in [3.63, 3.8) is 0 Å². The van der Waals surface area contributed by atoms with Crippen molar-refractivity contribution in [2.45, 2.75) is 39.0 Å². The Bertz CT molecular complexity index is 471. The summed E-state index contributed by atoms with van der Waals surface area (Å²) in [5.74, 6) is 1.97. The molecule has 1 aromatic rings. The molecule has 0 unspecified atom stereocenters. The molecule has 4 nitrogen and oxygen atoms in total. The minimum atomic E-state index is 0.140. The van der Waals surface area contributed by atoms with Gasteiger partial charge in [-0.1, -0.05) is 6.92 Å². The van der Waals surface area contributed by atoms with Gasteiger partial charge in [0.2, 0.25) is 0 Å². The molecular weight excluding hydrogens is 262 g/mol. The number of likely N-dealkylation sites (tertiary alicyclic amines) is 1. The van der Waals surface area contributed by atoms with Gasteiger partial charge in [0.25, 0.3) is 5.91 Å². The molecule has 4 heteroatoms. The Morgan fingerprint density at radius 3 is 2.43 bits per heavy atom. The number of anilines is 1. The van der Waals surface area contributed by atoms with E-state index in [1.165, 1.54) is 19.3 Å². The predicted octanol–water partition coefficient (Wildman–Crippen LogP) is 2.94. The normalized spacial score (nSPS) is 20.6. The third-order valence-electron chi connectivity index (χ3n) is 4.75. The van der Waals surface area contributed by atoms with Crippen molar-refractivity contribution < 1.29 is 4.79 Å². The molecule has 0 atom stereocenters. The summed E-state index contributed by atoms with van der Waals surface area (Å²) in [6, 6.07) is 3.95. The van der Waals surface area contributed by atoms with Gasteiger partial charge in [0.1, 0.15) is 5.82 Å². The highest BCUT2D eigenvalue weighted by atomic mass is 16.2. The summed E-state index contributed by atoms with van der Waals surface area (Å²) in [6.07, 6.45) is 7.72. The number of hydrogen-bond acceptors (Lipinski definition) is 3. The first-order valence-electron chi connectivity index (χ1n) is 8.24. The number of piperidine rings is 2. The number of hydrogen-bond donors (Lipinski definition) is 0. The smallest absolute Gasteiger partial charge is 0.255 e. The maximum absolute atomic E-state index is 12.4. The first-order valence-corrected chi connectivity index (χ1v) is 8.24. The Labute approximate surface area is 127 Å². The van der Waals surface area contributed by atoms with Crippen molar-refractivity contribution in [1.82, 2.24) is 9.88 Å². The van der Waals surface area contributed by atoms with Gasteiger partial charge < -0.3 is 9.80 Å². The molecule has 0 N–H and O–H groups in total. The average Bonchev–Trinajstić information content (AvgIpc) is 2.56. The van der Waals surface area contributed by atoms with Crippen molar-refractivity contribution in [3.8, 4) is 0 Å². The van der Waals surface area contributed by atoms with Crippen LogP contribution in [0.5, 0.6) is 0 Å². The van der Waals surface area contributed by atoms with E-state index in [1.807, 2.05) is 17.0 Å². The number of carbonyl (C=O) groups is 1. The molecule has 1 amide bonds. The maximum atomic E-state index is 12.4. The lowest BCUT2D eigenvalue weighted by Crippen LogP contribution is -2.36. The standard InChI is InChI=1S/C17H25N3O/c1-14-7-11-19(12-8-14)16-6-5-15(13-18-16)17(21)20-9-3-2-4-10-20/h5-6,13-14H,2-4,7-12H2,1H3. The highest BCUT2D eigenvalue weighted by Gasteiger charge is 2.20. The minimum absolute atomic E-state index is 0.140. The lowest BCUT2D eigenvalue weighted by molar-refractivity contribution is 0.0724. The van der Waals surface area contributed by atoms with Crippen LogP contribution in [-0.2, 0) is 0 Å². The molecule has 3 rings (SSSR count). The van der Waals surface area contributed by atoms with E-state index in [9.17, 15) is 4.79 Å². The summed E-state index contributed by atoms with van der Waals surface area (Å²) in [4.78, 5) is 21.2. The fourth-order valence-electron chi connectivity index (χ4n) is 3.22. The summed E-state index contributed by atoms with van der Waals surface area (Å²) in [7, 11) is 0. The zero-order valence-electron chi connectivity index (χ0n) is 12.9. The fraction of sp³-hybridized carbons (Fsp3) is 0.647. The van der Waals surface area contributed by atoms with Gasteiger partial charge in [-0.25, -0.2) is 4.98 Å². The van der Waals surface area contributed by atoms with E-state index >= 15 is 0 Å². The van der Waals surface area contributed by atoms with Gasteiger partial charge in [0, 0.05) is 32.4 Å². The Balaban J connectivity index is 1.64. The summed E-state index contributed by atoms with van der Waals surface area (Å²) in [5.41, 5.74) is 0.728. The molecular formula is C17H25N3O. The van der Waals surface area contributed by atoms with Crippen LogP contribution in [0.2, 0.25) is 0 Å². The van der Waals surface area contributed by atoms with Crippen LogP contribution >= 0.6 is 0 Å². The van der Waals surface area contributed by atoms with Gasteiger partial charge in [-0.15, -0.1) is 0 Å². The number of amides is 1. The largest absolute Gasteiger partial charge is 0.357 e. The van der Waals surface area contributed by atoms with E-state index in [0.29, 0.717) is 0 Å². The van der Waals surface area contributed by atoms with E-state index in [1.54, 1.807) is 6.20 Å². The number of aromatic nitrogens is 1. The van der Waals surface area contributed by atoms with Crippen LogP contribution in [0.15, 0.2) is 18.3 Å². The Morgan fingerprint density at radius 1 is 1.10 bits per heavy atom. The highest BCUT2D eigenvalue weighted by Crippen LogP contribution is 2.21. The maximum Gasteiger partial charge on any atom is 0.255 e. The monoisotopic (exact) mass is 287 g/mol. The van der Waals surface area contributed by atoms with Crippen LogP contribution in [-0.4, -0.2) is 42.0 Å². The summed E-state index contributed by atoms with van der Waals surface area (Å²) in [5, 5.41) is 0. The van der Waals surface area contributed by atoms with E-state index in [2.05, 4.69) is 16.8 Å². The van der Waals surface area contributed by atoms with Gasteiger partial charge in [0.15, 0.2) is 0 Å². The lowest BCUT2D eigenvalue weighted by atomic mass is 9.99. The number of carbonyl (C=O) groups excluding carboxylic acids is 1. The van der Waals surface area contributed by atoms with Crippen LogP contribution in [0.1, 0.15) is 49.4 Å². The molecule has 2 fully saturated rings. The molecule has 0 aromatic carbocycles.